The lowest BCUT2D eigenvalue weighted by molar-refractivity contribution is -0.116. The summed E-state index contributed by atoms with van der Waals surface area (Å²) in [5.41, 5.74) is 7.04. The molecule has 122 valence electrons. The summed E-state index contributed by atoms with van der Waals surface area (Å²) in [6.07, 6.45) is -4.65. The zero-order valence-electron chi connectivity index (χ0n) is 10.7. The van der Waals surface area contributed by atoms with Gasteiger partial charge in [0.2, 0.25) is 17.9 Å². The average molecular weight is 322 g/mol. The van der Waals surface area contributed by atoms with Gasteiger partial charge in [-0.15, -0.1) is 0 Å². The molecular formula is C8H12F2N8O4. The number of alkyl halides is 2. The highest BCUT2D eigenvalue weighted by Gasteiger charge is 2.66. The molecular weight excluding hydrogens is 310 g/mol. The first-order valence-electron chi connectivity index (χ1n) is 5.52. The first-order valence-corrected chi connectivity index (χ1v) is 5.52. The first-order chi connectivity index (χ1) is 10.3. The minimum absolute atomic E-state index is 0.493. The van der Waals surface area contributed by atoms with Crippen LogP contribution in [0.1, 0.15) is 0 Å². The number of rotatable bonds is 4. The normalized spacial score (nSPS) is 30.3. The van der Waals surface area contributed by atoms with Crippen LogP contribution in [-0.2, 0) is 4.74 Å². The number of azide groups is 1. The first kappa shape index (κ1) is 17.7. The molecule has 1 fully saturated rings. The quantitative estimate of drug-likeness (QED) is 0.0852. The second-order valence-electron chi connectivity index (χ2n) is 4.01. The number of amidine groups is 1. The minimum atomic E-state index is -4.08. The van der Waals surface area contributed by atoms with Crippen LogP contribution in [0.25, 0.3) is 10.4 Å². The largest absolute Gasteiger partial charge is 0.393 e. The summed E-state index contributed by atoms with van der Waals surface area (Å²) in [6.45, 7) is -1.24. The number of aliphatic hydroxyl groups is 2. The van der Waals surface area contributed by atoms with Gasteiger partial charge in [-0.25, -0.2) is 10.5 Å². The summed E-state index contributed by atoms with van der Waals surface area (Å²) in [6, 6.07) is 0. The van der Waals surface area contributed by atoms with Gasteiger partial charge in [0.25, 0.3) is 0 Å². The highest BCUT2D eigenvalue weighted by Crippen LogP contribution is 2.43. The summed E-state index contributed by atoms with van der Waals surface area (Å²) in [4.78, 5) is 5.41. The van der Waals surface area contributed by atoms with Gasteiger partial charge in [0.15, 0.2) is 6.10 Å². The van der Waals surface area contributed by atoms with E-state index in [-0.39, 0.29) is 0 Å². The maximum Gasteiger partial charge on any atom is 0.322 e. The second kappa shape index (κ2) is 6.59. The number of hydrogen-bond acceptors (Lipinski definition) is 8. The number of nitrogens with one attached hydrogen (secondary N) is 4. The predicted octanol–water partition coefficient (Wildman–Crippen LogP) is -1.11. The molecule has 0 spiro atoms. The Hall–Kier alpha value is -2.38. The van der Waals surface area contributed by atoms with Crippen molar-refractivity contribution in [2.45, 2.75) is 24.0 Å². The van der Waals surface area contributed by atoms with Crippen LogP contribution in [-0.4, -0.2) is 64.0 Å². The van der Waals surface area contributed by atoms with E-state index in [1.165, 1.54) is 5.48 Å². The molecule has 0 aromatic rings. The van der Waals surface area contributed by atoms with E-state index in [2.05, 4.69) is 19.8 Å². The number of aliphatic hydroxyl groups excluding tert-OH is 2. The van der Waals surface area contributed by atoms with Crippen LogP contribution < -0.4 is 10.8 Å². The topological polar surface area (TPSA) is 203 Å². The Morgan fingerprint density at radius 2 is 2.18 bits per heavy atom. The van der Waals surface area contributed by atoms with Gasteiger partial charge in [-0.1, -0.05) is 5.11 Å². The molecule has 7 N–H and O–H groups in total. The van der Waals surface area contributed by atoms with Gasteiger partial charge in [0.1, 0.15) is 5.84 Å². The molecule has 0 aromatic carbocycles. The van der Waals surface area contributed by atoms with Crippen molar-refractivity contribution >= 4 is 18.0 Å². The maximum atomic E-state index is 13.9. The third-order valence-electron chi connectivity index (χ3n) is 2.63. The van der Waals surface area contributed by atoms with Crippen LogP contribution in [0.2, 0.25) is 0 Å². The SMILES string of the molecule is [N-]=[N+]=N[C@]1(CO)O[C@@H](N=C(NO)NC(=N)C=N)C(F)(F)[C@@H]1O. The summed E-state index contributed by atoms with van der Waals surface area (Å²) in [5.74, 6) is -5.47. The molecule has 0 unspecified atom stereocenters. The second-order valence-corrected chi connectivity index (χ2v) is 4.01. The molecule has 0 amide bonds. The van der Waals surface area contributed by atoms with E-state index in [1.807, 2.05) is 5.32 Å². The Morgan fingerprint density at radius 1 is 1.55 bits per heavy atom. The summed E-state index contributed by atoms with van der Waals surface area (Å²) >= 11 is 0. The number of aliphatic imine (C=N–C) groups is 1. The van der Waals surface area contributed by atoms with Gasteiger partial charge in [0, 0.05) is 4.91 Å². The Bertz CT molecular complexity index is 536. The van der Waals surface area contributed by atoms with Crippen LogP contribution in [0, 0.1) is 10.8 Å². The molecule has 0 bridgehead atoms. The molecule has 14 heteroatoms. The van der Waals surface area contributed by atoms with Gasteiger partial charge in [-0.2, -0.15) is 8.78 Å². The van der Waals surface area contributed by atoms with Crippen LogP contribution in [0.3, 0.4) is 0 Å². The summed E-state index contributed by atoms with van der Waals surface area (Å²) in [5, 5.41) is 46.0. The molecule has 0 saturated carbocycles. The summed E-state index contributed by atoms with van der Waals surface area (Å²) in [7, 11) is 0. The molecule has 12 nitrogen and oxygen atoms in total. The number of guanidine groups is 1. The fraction of sp³-hybridized carbons (Fsp3) is 0.625. The summed E-state index contributed by atoms with van der Waals surface area (Å²) < 4.78 is 32.5. The monoisotopic (exact) mass is 322 g/mol. The Morgan fingerprint density at radius 3 is 2.64 bits per heavy atom. The number of ether oxygens (including phenoxy) is 1. The lowest BCUT2D eigenvalue weighted by atomic mass is 10.1. The Kier molecular flexibility index (Phi) is 5.29. The molecule has 22 heavy (non-hydrogen) atoms. The van der Waals surface area contributed by atoms with Crippen molar-refractivity contribution in [2.75, 3.05) is 6.61 Å². The highest BCUT2D eigenvalue weighted by molar-refractivity contribution is 6.30. The van der Waals surface area contributed by atoms with Crippen molar-refractivity contribution in [1.82, 2.24) is 10.8 Å². The van der Waals surface area contributed by atoms with Crippen molar-refractivity contribution in [1.29, 1.82) is 10.8 Å². The zero-order chi connectivity index (χ0) is 17.0. The van der Waals surface area contributed by atoms with E-state index >= 15 is 0 Å². The molecule has 1 aliphatic rings. The maximum absolute atomic E-state index is 13.9. The Labute approximate surface area is 121 Å². The van der Waals surface area contributed by atoms with E-state index in [1.54, 1.807) is 0 Å². The highest BCUT2D eigenvalue weighted by atomic mass is 19.3. The zero-order valence-corrected chi connectivity index (χ0v) is 10.7. The molecule has 1 rings (SSSR count). The van der Waals surface area contributed by atoms with E-state index in [0.717, 1.165) is 0 Å². The van der Waals surface area contributed by atoms with Crippen molar-refractivity contribution < 1.29 is 28.9 Å². The van der Waals surface area contributed by atoms with Crippen LogP contribution in [0.5, 0.6) is 0 Å². The smallest absolute Gasteiger partial charge is 0.322 e. The van der Waals surface area contributed by atoms with Crippen molar-refractivity contribution in [3.8, 4) is 0 Å². The number of nitrogens with zero attached hydrogens (tertiary/aromatic N) is 4. The van der Waals surface area contributed by atoms with Gasteiger partial charge in [-0.3, -0.25) is 10.6 Å². The molecule has 1 heterocycles. The third-order valence-corrected chi connectivity index (χ3v) is 2.63. The number of hydrogen-bond donors (Lipinski definition) is 7. The molecule has 0 aromatic heterocycles. The van der Waals surface area contributed by atoms with Gasteiger partial charge in [-0.05, 0) is 5.53 Å². The van der Waals surface area contributed by atoms with Gasteiger partial charge < -0.3 is 25.7 Å². The van der Waals surface area contributed by atoms with Crippen LogP contribution in [0.4, 0.5) is 8.78 Å². The van der Waals surface area contributed by atoms with E-state index in [4.69, 9.17) is 26.7 Å². The van der Waals surface area contributed by atoms with E-state index < -0.39 is 42.4 Å². The van der Waals surface area contributed by atoms with Crippen molar-refractivity contribution in [3.05, 3.63) is 10.4 Å². The van der Waals surface area contributed by atoms with Crippen LogP contribution in [0.15, 0.2) is 10.1 Å². The van der Waals surface area contributed by atoms with E-state index in [9.17, 15) is 13.9 Å². The fourth-order valence-corrected chi connectivity index (χ4v) is 1.56. The van der Waals surface area contributed by atoms with Crippen molar-refractivity contribution in [2.24, 2.45) is 10.1 Å². The lowest BCUT2D eigenvalue weighted by Gasteiger charge is -2.23. The molecule has 1 aliphatic heterocycles. The molecule has 0 radical (unpaired) electrons. The predicted molar refractivity (Wildman–Crippen MR) is 66.8 cm³/mol. The number of hydroxylamine groups is 1. The van der Waals surface area contributed by atoms with E-state index in [0.29, 0.717) is 6.21 Å². The molecule has 0 aliphatic carbocycles. The van der Waals surface area contributed by atoms with Crippen LogP contribution >= 0.6 is 0 Å². The lowest BCUT2D eigenvalue weighted by Crippen LogP contribution is -2.47. The third kappa shape index (κ3) is 3.10. The molecule has 3 atom stereocenters. The minimum Gasteiger partial charge on any atom is -0.393 e. The van der Waals surface area contributed by atoms with Gasteiger partial charge in [0.05, 0.1) is 12.8 Å². The average Bonchev–Trinajstić information content (AvgIpc) is 2.68. The molecule has 1 saturated heterocycles. The van der Waals surface area contributed by atoms with Crippen molar-refractivity contribution in [3.63, 3.8) is 0 Å². The number of halogens is 2. The van der Waals surface area contributed by atoms with Gasteiger partial charge >= 0.3 is 5.92 Å². The fourth-order valence-electron chi connectivity index (χ4n) is 1.56. The standard InChI is InChI=1S/C8H12F2N8O4/c9-8(10)4(20)7(2-19,17-18-13)22-5(8)15-6(16-21)14-3(12)1-11/h1,4-5,11,19-21H,2H2,(H3,12,14,15,16)/t4-,5-,7-/m1/s1. The Balaban J connectivity index is 3.16.